The van der Waals surface area contributed by atoms with Crippen molar-refractivity contribution >= 4 is 19.8 Å². The van der Waals surface area contributed by atoms with Crippen LogP contribution < -0.4 is 0 Å². The van der Waals surface area contributed by atoms with Crippen molar-refractivity contribution < 1.29 is 42.1 Å². The van der Waals surface area contributed by atoms with E-state index in [2.05, 4.69) is 208 Å². The van der Waals surface area contributed by atoms with Crippen molar-refractivity contribution in [3.8, 4) is 0 Å². The summed E-state index contributed by atoms with van der Waals surface area (Å²) >= 11 is 0. The summed E-state index contributed by atoms with van der Waals surface area (Å²) < 4.78 is 34.7. The maximum atomic E-state index is 12.9. The van der Waals surface area contributed by atoms with Gasteiger partial charge in [0.05, 0.1) is 27.7 Å². The molecule has 9 nitrogen and oxygen atoms in total. The van der Waals surface area contributed by atoms with Crippen LogP contribution in [0.3, 0.4) is 0 Å². The van der Waals surface area contributed by atoms with Gasteiger partial charge in [-0.05, 0) is 141 Å². The second-order valence-corrected chi connectivity index (χ2v) is 24.5. The topological polar surface area (TPSA) is 108 Å². The summed E-state index contributed by atoms with van der Waals surface area (Å²) in [6.07, 6.45) is 104. The average Bonchev–Trinajstić information content (AvgIpc) is 3.68. The molecule has 0 aromatic rings. The highest BCUT2D eigenvalue weighted by Crippen LogP contribution is 2.43. The van der Waals surface area contributed by atoms with E-state index in [0.29, 0.717) is 23.9 Å². The average molecular weight is 1240 g/mol. The van der Waals surface area contributed by atoms with Gasteiger partial charge in [-0.1, -0.05) is 272 Å². The number of rotatable bonds is 60. The predicted molar refractivity (Wildman–Crippen MR) is 380 cm³/mol. The molecule has 0 saturated heterocycles. The Labute approximate surface area is 539 Å². The molecule has 2 atom stereocenters. The maximum absolute atomic E-state index is 12.9. The summed E-state index contributed by atoms with van der Waals surface area (Å²) in [6, 6.07) is 0. The molecule has 0 aromatic carbocycles. The minimum Gasteiger partial charge on any atom is -0.462 e. The van der Waals surface area contributed by atoms with Crippen molar-refractivity contribution in [1.82, 2.24) is 0 Å². The van der Waals surface area contributed by atoms with Gasteiger partial charge in [0.25, 0.3) is 0 Å². The highest BCUT2D eigenvalue weighted by Gasteiger charge is 2.27. The highest BCUT2D eigenvalue weighted by atomic mass is 31.2. The first kappa shape index (κ1) is 82.8. The Morgan fingerprint density at radius 3 is 0.909 bits per heavy atom. The fourth-order valence-electron chi connectivity index (χ4n) is 8.46. The van der Waals surface area contributed by atoms with Crippen LogP contribution in [0, 0.1) is 0 Å². The van der Waals surface area contributed by atoms with Crippen LogP contribution in [0.1, 0.15) is 232 Å². The van der Waals surface area contributed by atoms with Gasteiger partial charge in [0, 0.05) is 12.8 Å². The predicted octanol–water partition coefficient (Wildman–Crippen LogP) is 22.5. The lowest BCUT2D eigenvalue weighted by atomic mass is 10.1. The molecule has 0 amide bonds. The summed E-state index contributed by atoms with van der Waals surface area (Å²) in [6.45, 7) is 4.15. The number of likely N-dealkylation sites (N-methyl/N-ethyl adjacent to an activating group) is 1. The summed E-state index contributed by atoms with van der Waals surface area (Å²) in [7, 11) is 1.43. The molecule has 0 spiro atoms. The zero-order chi connectivity index (χ0) is 64.1. The number of allylic oxidation sites excluding steroid dienone is 32. The van der Waals surface area contributed by atoms with E-state index < -0.39 is 32.5 Å². The van der Waals surface area contributed by atoms with Crippen molar-refractivity contribution in [2.45, 2.75) is 238 Å². The Morgan fingerprint density at radius 2 is 0.614 bits per heavy atom. The summed E-state index contributed by atoms with van der Waals surface area (Å²) in [4.78, 5) is 35.9. The SMILES string of the molecule is CC/C=C\C/C=C\C/C=C\C/C=C\C/C=C\C/C=C\C/C=C\C/C=C\C/C=C\CCCCCCCCCCCC(=O)OC(COC(=O)CCCCCCC/C=C\C/C=C\C/C=C\C/C=C\C/C=C\C/C=C\C/C=C\CC)COP(=O)(O)OCC[N+](C)(C)C. The monoisotopic (exact) mass is 1230 g/mol. The smallest absolute Gasteiger partial charge is 0.462 e. The van der Waals surface area contributed by atoms with E-state index in [1.807, 2.05) is 21.1 Å². The van der Waals surface area contributed by atoms with Crippen molar-refractivity contribution in [2.75, 3.05) is 47.5 Å². The standard InChI is InChI=1S/C78H124NO8P/c1-6-8-10-12-14-16-18-20-22-24-26-28-30-32-34-35-36-37-38-39-40-41-42-43-45-47-49-51-53-55-57-59-61-63-65-67-69-71-78(81)87-76(75-86-88(82,83)85-73-72-79(3,4)5)74-84-77(80)70-68-66-64-62-60-58-56-54-52-50-48-46-44-33-31-29-27-25-23-21-19-17-15-13-11-9-7-2/h8-11,14-17,20-23,26-29,32-34,36-37,39-40,42-44,47-50,54,56,76H,6-7,12-13,18-19,24-25,30-31,35,38,41,45-46,51-53,55,57-75H2,1-5H3/p+1/b10-8-,11-9-,16-14-,17-15-,22-20-,23-21-,28-26-,29-27-,34-32-,37-36-,40-39-,43-42-,44-33-,49-47-,50-48-,56-54-. The van der Waals surface area contributed by atoms with E-state index in [0.717, 1.165) is 161 Å². The third-order valence-electron chi connectivity index (χ3n) is 13.6. The second-order valence-electron chi connectivity index (χ2n) is 23.1. The minimum atomic E-state index is -4.41. The van der Waals surface area contributed by atoms with Gasteiger partial charge in [-0.2, -0.15) is 0 Å². The lowest BCUT2D eigenvalue weighted by Crippen LogP contribution is -2.37. The molecule has 0 aliphatic heterocycles. The summed E-state index contributed by atoms with van der Waals surface area (Å²) in [5, 5.41) is 0. The molecule has 10 heteroatoms. The Balaban J connectivity index is 4.20. The van der Waals surface area contributed by atoms with E-state index in [1.165, 1.54) is 32.1 Å². The van der Waals surface area contributed by atoms with E-state index in [-0.39, 0.29) is 26.1 Å². The molecule has 0 saturated carbocycles. The lowest BCUT2D eigenvalue weighted by molar-refractivity contribution is -0.870. The Hall–Kier alpha value is -5.15. The number of quaternary nitrogens is 1. The van der Waals surface area contributed by atoms with Gasteiger partial charge in [-0.15, -0.1) is 0 Å². The number of carbonyl (C=O) groups excluding carboxylic acids is 2. The van der Waals surface area contributed by atoms with Crippen LogP contribution in [0.25, 0.3) is 0 Å². The number of unbranched alkanes of at least 4 members (excludes halogenated alkanes) is 14. The molecular formula is C78H125NO8P+. The first-order valence-corrected chi connectivity index (χ1v) is 35.7. The van der Waals surface area contributed by atoms with Crippen LogP contribution in [0.4, 0.5) is 0 Å². The van der Waals surface area contributed by atoms with E-state index >= 15 is 0 Å². The fraction of sp³-hybridized carbons (Fsp3) is 0.564. The first-order chi connectivity index (χ1) is 43.0. The van der Waals surface area contributed by atoms with Gasteiger partial charge in [-0.25, -0.2) is 4.57 Å². The van der Waals surface area contributed by atoms with Crippen molar-refractivity contribution in [3.63, 3.8) is 0 Å². The fourth-order valence-corrected chi connectivity index (χ4v) is 9.20. The van der Waals surface area contributed by atoms with E-state index in [4.69, 9.17) is 18.5 Å². The lowest BCUT2D eigenvalue weighted by Gasteiger charge is -2.24. The quantitative estimate of drug-likeness (QED) is 0.0211. The molecule has 0 radical (unpaired) electrons. The zero-order valence-electron chi connectivity index (χ0n) is 56.1. The number of nitrogens with zero attached hydrogens (tertiary/aromatic N) is 1. The molecule has 88 heavy (non-hydrogen) atoms. The molecule has 0 heterocycles. The number of phosphoric ester groups is 1. The number of esters is 2. The third kappa shape index (κ3) is 69.9. The van der Waals surface area contributed by atoms with Gasteiger partial charge in [0.2, 0.25) is 0 Å². The van der Waals surface area contributed by atoms with Gasteiger partial charge < -0.3 is 18.9 Å². The molecule has 0 bridgehead atoms. The molecule has 0 rings (SSSR count). The molecule has 0 aliphatic carbocycles. The Bertz CT molecular complexity index is 2190. The molecule has 2 unspecified atom stereocenters. The van der Waals surface area contributed by atoms with Gasteiger partial charge >= 0.3 is 19.8 Å². The zero-order valence-corrected chi connectivity index (χ0v) is 57.0. The number of ether oxygens (including phenoxy) is 2. The van der Waals surface area contributed by atoms with Gasteiger partial charge in [0.15, 0.2) is 6.10 Å². The highest BCUT2D eigenvalue weighted by molar-refractivity contribution is 7.47. The van der Waals surface area contributed by atoms with Crippen molar-refractivity contribution in [2.24, 2.45) is 0 Å². The van der Waals surface area contributed by atoms with Gasteiger partial charge in [0.1, 0.15) is 19.8 Å². The third-order valence-corrected chi connectivity index (χ3v) is 14.6. The van der Waals surface area contributed by atoms with Crippen LogP contribution in [-0.4, -0.2) is 74.9 Å². The maximum Gasteiger partial charge on any atom is 0.472 e. The van der Waals surface area contributed by atoms with Crippen LogP contribution in [0.2, 0.25) is 0 Å². The Morgan fingerprint density at radius 1 is 0.352 bits per heavy atom. The van der Waals surface area contributed by atoms with Crippen LogP contribution in [-0.2, 0) is 32.7 Å². The summed E-state index contributed by atoms with van der Waals surface area (Å²) in [5.41, 5.74) is 0. The number of hydrogen-bond donors (Lipinski definition) is 1. The van der Waals surface area contributed by atoms with Crippen LogP contribution in [0.15, 0.2) is 194 Å². The summed E-state index contributed by atoms with van der Waals surface area (Å²) in [5.74, 6) is -0.841. The van der Waals surface area contributed by atoms with E-state index in [1.54, 1.807) is 0 Å². The normalized spacial score (nSPS) is 14.4. The minimum absolute atomic E-state index is 0.0158. The molecule has 0 fully saturated rings. The van der Waals surface area contributed by atoms with Crippen molar-refractivity contribution in [1.29, 1.82) is 0 Å². The van der Waals surface area contributed by atoms with Crippen LogP contribution >= 0.6 is 7.82 Å². The van der Waals surface area contributed by atoms with E-state index in [9.17, 15) is 19.0 Å². The molecule has 1 N–H and O–H groups in total. The molecule has 0 aliphatic rings. The molecule has 0 aromatic heterocycles. The van der Waals surface area contributed by atoms with Crippen molar-refractivity contribution in [3.05, 3.63) is 194 Å². The first-order valence-electron chi connectivity index (χ1n) is 34.2. The molecule has 494 valence electrons. The second kappa shape index (κ2) is 66.3. The largest absolute Gasteiger partial charge is 0.472 e. The van der Waals surface area contributed by atoms with Crippen LogP contribution in [0.5, 0.6) is 0 Å². The number of hydrogen-bond acceptors (Lipinski definition) is 7. The van der Waals surface area contributed by atoms with Gasteiger partial charge in [-0.3, -0.25) is 18.6 Å². The number of phosphoric acid groups is 1. The molecular weight excluding hydrogens is 1110 g/mol. The number of carbonyl (C=O) groups is 2. The Kier molecular flexibility index (Phi) is 62.4.